The number of carbonyl (C=O) groups excluding carboxylic acids is 1. The van der Waals surface area contributed by atoms with Gasteiger partial charge in [0.25, 0.3) is 15.9 Å². The van der Waals surface area contributed by atoms with E-state index in [0.717, 1.165) is 15.6 Å². The molecular formula is C22H21BrN2O4S. The number of halogens is 1. The first-order valence-corrected chi connectivity index (χ1v) is 11.4. The zero-order valence-electron chi connectivity index (χ0n) is 16.5. The van der Waals surface area contributed by atoms with Gasteiger partial charge < -0.3 is 10.1 Å². The predicted octanol–water partition coefficient (Wildman–Crippen LogP) is 4.88. The van der Waals surface area contributed by atoms with Crippen LogP contribution >= 0.6 is 15.9 Å². The molecule has 0 spiro atoms. The van der Waals surface area contributed by atoms with Crippen LogP contribution < -0.4 is 14.8 Å². The summed E-state index contributed by atoms with van der Waals surface area (Å²) in [5.74, 6) is 0.0670. The van der Waals surface area contributed by atoms with Crippen molar-refractivity contribution in [1.82, 2.24) is 0 Å². The van der Waals surface area contributed by atoms with Crippen LogP contribution in [0.25, 0.3) is 0 Å². The monoisotopic (exact) mass is 488 g/mol. The number of sulfonamides is 1. The molecule has 6 nitrogen and oxygen atoms in total. The number of benzene rings is 3. The summed E-state index contributed by atoms with van der Waals surface area (Å²) < 4.78 is 34.0. The van der Waals surface area contributed by atoms with E-state index in [2.05, 4.69) is 26.0 Å². The third-order valence-electron chi connectivity index (χ3n) is 4.41. The number of nitrogens with one attached hydrogen (secondary N) is 2. The molecule has 0 unspecified atom stereocenters. The number of carbonyl (C=O) groups is 1. The molecule has 0 atom stereocenters. The molecule has 0 fully saturated rings. The number of rotatable bonds is 7. The SMILES string of the molecule is Cc1ccc(NS(=O)(=O)c2ccc(OCC(=O)Nc3ccccc3Br)cc2)cc1C. The van der Waals surface area contributed by atoms with Crippen LogP contribution in [-0.4, -0.2) is 20.9 Å². The molecule has 0 bridgehead atoms. The summed E-state index contributed by atoms with van der Waals surface area (Å²) in [5, 5.41) is 2.74. The molecule has 3 aromatic rings. The van der Waals surface area contributed by atoms with Crippen LogP contribution in [0.15, 0.2) is 76.1 Å². The van der Waals surface area contributed by atoms with Gasteiger partial charge in [0, 0.05) is 10.2 Å². The minimum atomic E-state index is -3.73. The van der Waals surface area contributed by atoms with Crippen LogP contribution in [0.2, 0.25) is 0 Å². The van der Waals surface area contributed by atoms with Gasteiger partial charge in [-0.15, -0.1) is 0 Å². The molecule has 0 aromatic heterocycles. The van der Waals surface area contributed by atoms with Gasteiger partial charge >= 0.3 is 0 Å². The van der Waals surface area contributed by atoms with Crippen molar-refractivity contribution in [3.8, 4) is 5.75 Å². The van der Waals surface area contributed by atoms with Crippen LogP contribution in [0.3, 0.4) is 0 Å². The number of amides is 1. The lowest BCUT2D eigenvalue weighted by atomic mass is 10.1. The van der Waals surface area contributed by atoms with E-state index in [1.165, 1.54) is 24.3 Å². The van der Waals surface area contributed by atoms with Crippen LogP contribution in [0, 0.1) is 13.8 Å². The molecule has 0 saturated heterocycles. The van der Waals surface area contributed by atoms with E-state index in [0.29, 0.717) is 17.1 Å². The minimum Gasteiger partial charge on any atom is -0.484 e. The van der Waals surface area contributed by atoms with Crippen LogP contribution in [0.5, 0.6) is 5.75 Å². The summed E-state index contributed by atoms with van der Waals surface area (Å²) in [6.45, 7) is 3.69. The maximum Gasteiger partial charge on any atom is 0.262 e. The lowest BCUT2D eigenvalue weighted by Gasteiger charge is -2.11. The van der Waals surface area contributed by atoms with Gasteiger partial charge in [-0.3, -0.25) is 9.52 Å². The van der Waals surface area contributed by atoms with Crippen molar-refractivity contribution >= 4 is 43.2 Å². The number of para-hydroxylation sites is 1. The van der Waals surface area contributed by atoms with E-state index in [9.17, 15) is 13.2 Å². The Labute approximate surface area is 184 Å². The molecule has 8 heteroatoms. The van der Waals surface area contributed by atoms with Crippen LogP contribution in [0.4, 0.5) is 11.4 Å². The fourth-order valence-corrected chi connectivity index (χ4v) is 4.07. The standard InChI is InChI=1S/C22H21BrN2O4S/c1-15-7-8-17(13-16(15)2)25-30(27,28)19-11-9-18(10-12-19)29-14-22(26)24-21-6-4-3-5-20(21)23/h3-13,25H,14H2,1-2H3,(H,24,26). The normalized spacial score (nSPS) is 11.0. The molecule has 3 rings (SSSR count). The van der Waals surface area contributed by atoms with E-state index in [-0.39, 0.29) is 17.4 Å². The molecule has 0 radical (unpaired) electrons. The summed E-state index contributed by atoms with van der Waals surface area (Å²) in [6, 6.07) is 18.5. The largest absolute Gasteiger partial charge is 0.484 e. The van der Waals surface area contributed by atoms with Crippen LogP contribution in [0.1, 0.15) is 11.1 Å². The quantitative estimate of drug-likeness (QED) is 0.495. The zero-order valence-corrected chi connectivity index (χ0v) is 18.9. The fraction of sp³-hybridized carbons (Fsp3) is 0.136. The number of anilines is 2. The molecule has 0 aliphatic heterocycles. The third kappa shape index (κ3) is 5.61. The smallest absolute Gasteiger partial charge is 0.262 e. The first kappa shape index (κ1) is 21.9. The molecule has 2 N–H and O–H groups in total. The second-order valence-electron chi connectivity index (χ2n) is 6.69. The van der Waals surface area contributed by atoms with Crippen molar-refractivity contribution in [3.63, 3.8) is 0 Å². The first-order valence-electron chi connectivity index (χ1n) is 9.12. The van der Waals surface area contributed by atoms with E-state index < -0.39 is 10.0 Å². The Morgan fingerprint density at radius 2 is 1.67 bits per heavy atom. The maximum atomic E-state index is 12.6. The number of ether oxygens (including phenoxy) is 1. The van der Waals surface area contributed by atoms with E-state index in [1.54, 1.807) is 18.2 Å². The second-order valence-corrected chi connectivity index (χ2v) is 9.23. The highest BCUT2D eigenvalue weighted by molar-refractivity contribution is 9.10. The summed E-state index contributed by atoms with van der Waals surface area (Å²) in [7, 11) is -3.73. The lowest BCUT2D eigenvalue weighted by molar-refractivity contribution is -0.118. The van der Waals surface area contributed by atoms with Gasteiger partial charge in [-0.2, -0.15) is 0 Å². The maximum absolute atomic E-state index is 12.6. The Balaban J connectivity index is 1.60. The summed E-state index contributed by atoms with van der Waals surface area (Å²) in [6.07, 6.45) is 0. The van der Waals surface area contributed by atoms with Gasteiger partial charge in [-0.25, -0.2) is 8.42 Å². The van der Waals surface area contributed by atoms with Crippen molar-refractivity contribution < 1.29 is 17.9 Å². The average Bonchev–Trinajstić information content (AvgIpc) is 2.71. The number of hydrogen-bond donors (Lipinski definition) is 2. The molecule has 30 heavy (non-hydrogen) atoms. The van der Waals surface area contributed by atoms with E-state index in [4.69, 9.17) is 4.74 Å². The number of hydrogen-bond acceptors (Lipinski definition) is 4. The summed E-state index contributed by atoms with van der Waals surface area (Å²) in [5.41, 5.74) is 3.23. The molecule has 156 valence electrons. The zero-order chi connectivity index (χ0) is 21.7. The molecule has 1 amide bonds. The van der Waals surface area contributed by atoms with Gasteiger partial charge in [-0.05, 0) is 89.4 Å². The molecule has 0 aliphatic carbocycles. The van der Waals surface area contributed by atoms with Crippen molar-refractivity contribution in [3.05, 3.63) is 82.3 Å². The Morgan fingerprint density at radius 1 is 0.967 bits per heavy atom. The Morgan fingerprint density at radius 3 is 2.33 bits per heavy atom. The van der Waals surface area contributed by atoms with Gasteiger partial charge in [-0.1, -0.05) is 18.2 Å². The molecule has 0 aliphatic rings. The van der Waals surface area contributed by atoms with Crippen molar-refractivity contribution in [2.45, 2.75) is 18.7 Å². The minimum absolute atomic E-state index is 0.103. The summed E-state index contributed by atoms with van der Waals surface area (Å²) in [4.78, 5) is 12.2. The van der Waals surface area contributed by atoms with Crippen molar-refractivity contribution in [2.24, 2.45) is 0 Å². The van der Waals surface area contributed by atoms with Gasteiger partial charge in [0.1, 0.15) is 5.75 Å². The van der Waals surface area contributed by atoms with Crippen molar-refractivity contribution in [2.75, 3.05) is 16.6 Å². The topological polar surface area (TPSA) is 84.5 Å². The highest BCUT2D eigenvalue weighted by Gasteiger charge is 2.15. The third-order valence-corrected chi connectivity index (χ3v) is 6.50. The van der Waals surface area contributed by atoms with Gasteiger partial charge in [0.2, 0.25) is 0 Å². The van der Waals surface area contributed by atoms with Gasteiger partial charge in [0.15, 0.2) is 6.61 Å². The molecule has 0 heterocycles. The molecular weight excluding hydrogens is 468 g/mol. The van der Waals surface area contributed by atoms with E-state index >= 15 is 0 Å². The molecule has 0 saturated carbocycles. The number of aryl methyl sites for hydroxylation is 2. The highest BCUT2D eigenvalue weighted by atomic mass is 79.9. The fourth-order valence-electron chi connectivity index (χ4n) is 2.63. The predicted molar refractivity (Wildman–Crippen MR) is 121 cm³/mol. The van der Waals surface area contributed by atoms with Gasteiger partial charge in [0.05, 0.1) is 10.6 Å². The Hall–Kier alpha value is -2.84. The second kappa shape index (κ2) is 9.32. The highest BCUT2D eigenvalue weighted by Crippen LogP contribution is 2.22. The average molecular weight is 489 g/mol. The molecule has 3 aromatic carbocycles. The first-order chi connectivity index (χ1) is 14.2. The van der Waals surface area contributed by atoms with E-state index in [1.807, 2.05) is 38.1 Å². The Kier molecular flexibility index (Phi) is 6.79. The Bertz CT molecular complexity index is 1160. The van der Waals surface area contributed by atoms with Crippen LogP contribution in [-0.2, 0) is 14.8 Å². The lowest BCUT2D eigenvalue weighted by Crippen LogP contribution is -2.20. The van der Waals surface area contributed by atoms with Crippen molar-refractivity contribution in [1.29, 1.82) is 0 Å². The summed E-state index contributed by atoms with van der Waals surface area (Å²) >= 11 is 3.36.